The fourth-order valence-electron chi connectivity index (χ4n) is 2.97. The largest absolute Gasteiger partial charge is 0.435 e. The van der Waals surface area contributed by atoms with Crippen LogP contribution in [0.4, 0.5) is 8.78 Å². The van der Waals surface area contributed by atoms with Gasteiger partial charge in [-0.2, -0.15) is 8.78 Å². The molecule has 6 heteroatoms. The highest BCUT2D eigenvalue weighted by atomic mass is 19.3. The minimum Gasteiger partial charge on any atom is -0.435 e. The van der Waals surface area contributed by atoms with Crippen molar-refractivity contribution in [3.8, 4) is 5.75 Å². The van der Waals surface area contributed by atoms with Gasteiger partial charge >= 0.3 is 6.61 Å². The average Bonchev–Trinajstić information content (AvgIpc) is 2.53. The molecule has 0 aromatic heterocycles. The summed E-state index contributed by atoms with van der Waals surface area (Å²) in [5.74, 6) is 0.0635. The van der Waals surface area contributed by atoms with E-state index >= 15 is 0 Å². The molecule has 2 rings (SSSR count). The van der Waals surface area contributed by atoms with Gasteiger partial charge in [0.15, 0.2) is 0 Å². The molecule has 1 aromatic rings. The first-order chi connectivity index (χ1) is 10.6. The maximum Gasteiger partial charge on any atom is 0.387 e. The molecule has 22 heavy (non-hydrogen) atoms. The number of ether oxygens (including phenoxy) is 1. The van der Waals surface area contributed by atoms with Gasteiger partial charge in [-0.25, -0.2) is 0 Å². The lowest BCUT2D eigenvalue weighted by Gasteiger charge is -2.30. The summed E-state index contributed by atoms with van der Waals surface area (Å²) in [4.78, 5) is 12.3. The van der Waals surface area contributed by atoms with Gasteiger partial charge in [0.1, 0.15) is 5.75 Å². The Morgan fingerprint density at radius 1 is 1.32 bits per heavy atom. The number of carbonyl (C=O) groups is 1. The lowest BCUT2D eigenvalue weighted by molar-refractivity contribution is -0.0498. The van der Waals surface area contributed by atoms with Crippen LogP contribution in [0.1, 0.15) is 42.5 Å². The molecule has 1 aromatic carbocycles. The van der Waals surface area contributed by atoms with Crippen LogP contribution >= 0.6 is 0 Å². The van der Waals surface area contributed by atoms with Crippen LogP contribution in [0.15, 0.2) is 24.3 Å². The SMILES string of the molecule is NCC(NC(=O)c1cccc(OC(F)F)c1)C1CCCCC1. The van der Waals surface area contributed by atoms with Crippen molar-refractivity contribution >= 4 is 5.91 Å². The summed E-state index contributed by atoms with van der Waals surface area (Å²) in [5.41, 5.74) is 6.09. The molecule has 1 saturated carbocycles. The number of alkyl halides is 2. The smallest absolute Gasteiger partial charge is 0.387 e. The zero-order valence-electron chi connectivity index (χ0n) is 12.4. The van der Waals surface area contributed by atoms with E-state index < -0.39 is 6.61 Å². The van der Waals surface area contributed by atoms with E-state index in [0.29, 0.717) is 18.0 Å². The van der Waals surface area contributed by atoms with Crippen molar-refractivity contribution in [3.05, 3.63) is 29.8 Å². The molecule has 1 aliphatic rings. The Labute approximate surface area is 129 Å². The van der Waals surface area contributed by atoms with Crippen molar-refractivity contribution in [1.82, 2.24) is 5.32 Å². The van der Waals surface area contributed by atoms with Gasteiger partial charge in [0.25, 0.3) is 5.91 Å². The van der Waals surface area contributed by atoms with Crippen molar-refractivity contribution in [2.24, 2.45) is 11.7 Å². The molecule has 1 amide bonds. The van der Waals surface area contributed by atoms with E-state index in [2.05, 4.69) is 10.1 Å². The number of halogens is 2. The fraction of sp³-hybridized carbons (Fsp3) is 0.562. The standard InChI is InChI=1S/C16H22F2N2O2/c17-16(18)22-13-8-4-7-12(9-13)15(21)20-14(10-19)11-5-2-1-3-6-11/h4,7-9,11,14,16H,1-3,5-6,10,19H2,(H,20,21). The van der Waals surface area contributed by atoms with Gasteiger partial charge in [0.2, 0.25) is 0 Å². The Bertz CT molecular complexity index is 491. The summed E-state index contributed by atoms with van der Waals surface area (Å²) in [6.45, 7) is -2.53. The maximum atomic E-state index is 12.3. The number of rotatable bonds is 6. The second kappa shape index (κ2) is 8.08. The molecule has 1 aliphatic carbocycles. The van der Waals surface area contributed by atoms with Gasteiger partial charge in [-0.05, 0) is 37.0 Å². The van der Waals surface area contributed by atoms with E-state index in [9.17, 15) is 13.6 Å². The second-order valence-electron chi connectivity index (χ2n) is 5.62. The minimum atomic E-state index is -2.91. The molecule has 1 unspecified atom stereocenters. The first kappa shape index (κ1) is 16.7. The summed E-state index contributed by atoms with van der Waals surface area (Å²) in [6, 6.07) is 5.72. The molecule has 3 N–H and O–H groups in total. The fourth-order valence-corrected chi connectivity index (χ4v) is 2.97. The highest BCUT2D eigenvalue weighted by Gasteiger charge is 2.24. The number of carbonyl (C=O) groups excluding carboxylic acids is 1. The Hall–Kier alpha value is -1.69. The van der Waals surface area contributed by atoms with Crippen LogP contribution in [0, 0.1) is 5.92 Å². The molecular weight excluding hydrogens is 290 g/mol. The summed E-state index contributed by atoms with van der Waals surface area (Å²) in [5, 5.41) is 2.93. The van der Waals surface area contributed by atoms with Gasteiger partial charge in [-0.3, -0.25) is 4.79 Å². The number of hydrogen-bond acceptors (Lipinski definition) is 3. The predicted octanol–water partition coefficient (Wildman–Crippen LogP) is 2.93. The van der Waals surface area contributed by atoms with Crippen LogP contribution in [-0.4, -0.2) is 25.1 Å². The van der Waals surface area contributed by atoms with E-state index in [4.69, 9.17) is 5.73 Å². The molecule has 0 bridgehead atoms. The number of hydrogen-bond donors (Lipinski definition) is 2. The van der Waals surface area contributed by atoms with E-state index in [0.717, 1.165) is 25.7 Å². The third-order valence-electron chi connectivity index (χ3n) is 4.11. The highest BCUT2D eigenvalue weighted by molar-refractivity contribution is 5.94. The van der Waals surface area contributed by atoms with Crippen LogP contribution < -0.4 is 15.8 Å². The quantitative estimate of drug-likeness (QED) is 0.849. The Kier molecular flexibility index (Phi) is 6.12. The summed E-state index contributed by atoms with van der Waals surface area (Å²) < 4.78 is 28.8. The number of amides is 1. The molecule has 1 fully saturated rings. The topological polar surface area (TPSA) is 64.3 Å². The third kappa shape index (κ3) is 4.66. The number of nitrogens with one attached hydrogen (secondary N) is 1. The monoisotopic (exact) mass is 312 g/mol. The van der Waals surface area contributed by atoms with Gasteiger partial charge in [-0.15, -0.1) is 0 Å². The first-order valence-corrected chi connectivity index (χ1v) is 7.66. The lowest BCUT2D eigenvalue weighted by Crippen LogP contribution is -2.45. The van der Waals surface area contributed by atoms with E-state index in [-0.39, 0.29) is 17.7 Å². The zero-order valence-corrected chi connectivity index (χ0v) is 12.4. The van der Waals surface area contributed by atoms with E-state index in [1.165, 1.54) is 24.6 Å². The van der Waals surface area contributed by atoms with Crippen molar-refractivity contribution in [3.63, 3.8) is 0 Å². The van der Waals surface area contributed by atoms with Crippen LogP contribution in [0.2, 0.25) is 0 Å². The van der Waals surface area contributed by atoms with Crippen molar-refractivity contribution in [2.75, 3.05) is 6.54 Å². The maximum absolute atomic E-state index is 12.3. The summed E-state index contributed by atoms with van der Waals surface area (Å²) in [6.07, 6.45) is 5.69. The van der Waals surface area contributed by atoms with Crippen LogP contribution in [0.5, 0.6) is 5.75 Å². The van der Waals surface area contributed by atoms with Crippen molar-refractivity contribution in [1.29, 1.82) is 0 Å². The number of benzene rings is 1. The molecule has 4 nitrogen and oxygen atoms in total. The molecule has 0 aliphatic heterocycles. The van der Waals surface area contributed by atoms with Crippen molar-refractivity contribution < 1.29 is 18.3 Å². The van der Waals surface area contributed by atoms with Crippen LogP contribution in [0.25, 0.3) is 0 Å². The van der Waals surface area contributed by atoms with E-state index in [1.54, 1.807) is 6.07 Å². The Morgan fingerprint density at radius 2 is 2.05 bits per heavy atom. The molecule has 0 saturated heterocycles. The molecule has 1 atom stereocenters. The summed E-state index contributed by atoms with van der Waals surface area (Å²) >= 11 is 0. The number of nitrogens with two attached hydrogens (primary N) is 1. The minimum absolute atomic E-state index is 0.0235. The highest BCUT2D eigenvalue weighted by Crippen LogP contribution is 2.26. The Balaban J connectivity index is 2.00. The van der Waals surface area contributed by atoms with Gasteiger partial charge in [-0.1, -0.05) is 25.3 Å². The lowest BCUT2D eigenvalue weighted by atomic mass is 9.84. The predicted molar refractivity (Wildman–Crippen MR) is 80.0 cm³/mol. The van der Waals surface area contributed by atoms with Gasteiger partial charge < -0.3 is 15.8 Å². The van der Waals surface area contributed by atoms with Crippen LogP contribution in [0.3, 0.4) is 0 Å². The normalized spacial score (nSPS) is 17.3. The second-order valence-corrected chi connectivity index (χ2v) is 5.62. The zero-order chi connectivity index (χ0) is 15.9. The van der Waals surface area contributed by atoms with Crippen LogP contribution in [-0.2, 0) is 0 Å². The molecule has 0 heterocycles. The third-order valence-corrected chi connectivity index (χ3v) is 4.11. The van der Waals surface area contributed by atoms with Gasteiger partial charge in [0, 0.05) is 18.2 Å². The van der Waals surface area contributed by atoms with Crippen molar-refractivity contribution in [2.45, 2.75) is 44.8 Å². The Morgan fingerprint density at radius 3 is 2.68 bits per heavy atom. The first-order valence-electron chi connectivity index (χ1n) is 7.66. The molecule has 0 spiro atoms. The van der Waals surface area contributed by atoms with E-state index in [1.807, 2.05) is 0 Å². The molecule has 0 radical (unpaired) electrons. The molecular formula is C16H22F2N2O2. The molecule has 122 valence electrons. The van der Waals surface area contributed by atoms with Gasteiger partial charge in [0.05, 0.1) is 0 Å². The summed E-state index contributed by atoms with van der Waals surface area (Å²) in [7, 11) is 0. The average molecular weight is 312 g/mol.